The minimum atomic E-state index is 0.0309. The van der Waals surface area contributed by atoms with Crippen molar-refractivity contribution in [3.63, 3.8) is 0 Å². The van der Waals surface area contributed by atoms with Crippen LogP contribution in [0.4, 0.5) is 0 Å². The third-order valence-corrected chi connectivity index (χ3v) is 3.76. The second-order valence-corrected chi connectivity index (χ2v) is 4.83. The first-order valence-electron chi connectivity index (χ1n) is 5.70. The standard InChI is InChI=1S/C14H16O/c1-14-9-5-4-7-12(14)10-11-6-2-3-8-13(11)15-14/h2-6,8,12H,7,9-10H2,1H3/t12-,14+/m1/s1. The van der Waals surface area contributed by atoms with Crippen molar-refractivity contribution in [2.24, 2.45) is 5.92 Å². The number of rotatable bonds is 0. The van der Waals surface area contributed by atoms with Gasteiger partial charge in [0.05, 0.1) is 0 Å². The highest BCUT2D eigenvalue weighted by atomic mass is 16.5. The van der Waals surface area contributed by atoms with Crippen LogP contribution in [-0.2, 0) is 6.42 Å². The third-order valence-electron chi connectivity index (χ3n) is 3.76. The van der Waals surface area contributed by atoms with Crippen molar-refractivity contribution >= 4 is 0 Å². The van der Waals surface area contributed by atoms with Gasteiger partial charge in [-0.25, -0.2) is 0 Å². The zero-order chi connectivity index (χ0) is 10.3. The average molecular weight is 200 g/mol. The summed E-state index contributed by atoms with van der Waals surface area (Å²) in [5, 5.41) is 0. The monoisotopic (exact) mass is 200 g/mol. The number of benzene rings is 1. The van der Waals surface area contributed by atoms with Gasteiger partial charge in [0.25, 0.3) is 0 Å². The summed E-state index contributed by atoms with van der Waals surface area (Å²) in [4.78, 5) is 0. The first-order valence-corrected chi connectivity index (χ1v) is 5.70. The van der Waals surface area contributed by atoms with E-state index in [0.717, 1.165) is 25.0 Å². The molecule has 0 saturated heterocycles. The topological polar surface area (TPSA) is 9.23 Å². The molecule has 0 spiro atoms. The fraction of sp³-hybridized carbons (Fsp3) is 0.429. The molecule has 1 nitrogen and oxygen atoms in total. The van der Waals surface area contributed by atoms with Crippen molar-refractivity contribution < 1.29 is 4.74 Å². The van der Waals surface area contributed by atoms with Crippen LogP contribution in [0.25, 0.3) is 0 Å². The molecule has 3 rings (SSSR count). The predicted molar refractivity (Wildman–Crippen MR) is 61.0 cm³/mol. The number of fused-ring (bicyclic) bond motifs is 2. The van der Waals surface area contributed by atoms with Gasteiger partial charge in [-0.05, 0) is 31.4 Å². The molecular formula is C14H16O. The van der Waals surface area contributed by atoms with Gasteiger partial charge in [0.2, 0.25) is 0 Å². The van der Waals surface area contributed by atoms with Crippen molar-refractivity contribution in [1.29, 1.82) is 0 Å². The summed E-state index contributed by atoms with van der Waals surface area (Å²) in [5.74, 6) is 1.74. The van der Waals surface area contributed by atoms with E-state index in [1.54, 1.807) is 0 Å². The van der Waals surface area contributed by atoms with Gasteiger partial charge >= 0.3 is 0 Å². The molecule has 1 heteroatoms. The molecule has 0 saturated carbocycles. The Morgan fingerprint density at radius 1 is 1.27 bits per heavy atom. The van der Waals surface area contributed by atoms with E-state index < -0.39 is 0 Å². The van der Waals surface area contributed by atoms with Crippen molar-refractivity contribution in [3.05, 3.63) is 42.0 Å². The Labute approximate surface area is 90.8 Å². The van der Waals surface area contributed by atoms with Crippen molar-refractivity contribution in [3.8, 4) is 5.75 Å². The normalized spacial score (nSPS) is 32.7. The van der Waals surface area contributed by atoms with E-state index >= 15 is 0 Å². The van der Waals surface area contributed by atoms with Crippen LogP contribution in [0.15, 0.2) is 36.4 Å². The van der Waals surface area contributed by atoms with Crippen LogP contribution in [0.1, 0.15) is 25.3 Å². The number of hydrogen-bond acceptors (Lipinski definition) is 1. The summed E-state index contributed by atoms with van der Waals surface area (Å²) >= 11 is 0. The summed E-state index contributed by atoms with van der Waals surface area (Å²) in [5.41, 5.74) is 1.40. The van der Waals surface area contributed by atoms with Gasteiger partial charge in [-0.15, -0.1) is 0 Å². The van der Waals surface area contributed by atoms with E-state index in [1.807, 2.05) is 0 Å². The van der Waals surface area contributed by atoms with Crippen LogP contribution >= 0.6 is 0 Å². The Morgan fingerprint density at radius 2 is 2.13 bits per heavy atom. The predicted octanol–water partition coefficient (Wildman–Crippen LogP) is 3.35. The molecule has 0 bridgehead atoms. The van der Waals surface area contributed by atoms with E-state index in [0.29, 0.717) is 5.92 Å². The molecule has 0 N–H and O–H groups in total. The molecule has 2 atom stereocenters. The highest BCUT2D eigenvalue weighted by Gasteiger charge is 2.40. The molecule has 1 aromatic carbocycles. The Hall–Kier alpha value is -1.24. The zero-order valence-electron chi connectivity index (χ0n) is 9.07. The Balaban J connectivity index is 2.01. The van der Waals surface area contributed by atoms with Crippen LogP contribution in [-0.4, -0.2) is 5.60 Å². The molecule has 78 valence electrons. The van der Waals surface area contributed by atoms with Crippen molar-refractivity contribution in [2.45, 2.75) is 31.8 Å². The zero-order valence-corrected chi connectivity index (χ0v) is 9.07. The lowest BCUT2D eigenvalue weighted by atomic mass is 9.75. The first kappa shape index (κ1) is 9.02. The third kappa shape index (κ3) is 1.38. The minimum absolute atomic E-state index is 0.0309. The van der Waals surface area contributed by atoms with E-state index in [-0.39, 0.29) is 5.60 Å². The fourth-order valence-electron chi connectivity index (χ4n) is 2.71. The van der Waals surface area contributed by atoms with Gasteiger partial charge in [0, 0.05) is 12.3 Å². The maximum absolute atomic E-state index is 6.17. The fourth-order valence-corrected chi connectivity index (χ4v) is 2.71. The van der Waals surface area contributed by atoms with Gasteiger partial charge in [-0.2, -0.15) is 0 Å². The lowest BCUT2D eigenvalue weighted by molar-refractivity contribution is 0.00840. The maximum Gasteiger partial charge on any atom is 0.123 e. The SMILES string of the molecule is C[C@]12CC=CC[C@@H]1Cc1ccccc1O2. The molecule has 1 aliphatic carbocycles. The van der Waals surface area contributed by atoms with Crippen molar-refractivity contribution in [2.75, 3.05) is 0 Å². The van der Waals surface area contributed by atoms with Crippen LogP contribution in [0.3, 0.4) is 0 Å². The van der Waals surface area contributed by atoms with Crippen LogP contribution in [0.2, 0.25) is 0 Å². The summed E-state index contributed by atoms with van der Waals surface area (Å²) in [6.45, 7) is 2.25. The molecule has 0 aromatic heterocycles. The quantitative estimate of drug-likeness (QED) is 0.583. The molecular weight excluding hydrogens is 184 g/mol. The van der Waals surface area contributed by atoms with E-state index in [1.165, 1.54) is 5.56 Å². The Kier molecular flexibility index (Phi) is 1.88. The van der Waals surface area contributed by atoms with Gasteiger partial charge in [-0.3, -0.25) is 0 Å². The van der Waals surface area contributed by atoms with Gasteiger partial charge in [0.15, 0.2) is 0 Å². The lowest BCUT2D eigenvalue weighted by Crippen LogP contribution is -2.45. The molecule has 0 amide bonds. The molecule has 15 heavy (non-hydrogen) atoms. The second kappa shape index (κ2) is 3.13. The number of allylic oxidation sites excluding steroid dienone is 1. The molecule has 2 aliphatic rings. The minimum Gasteiger partial charge on any atom is -0.487 e. The Morgan fingerprint density at radius 3 is 3.07 bits per heavy atom. The highest BCUT2D eigenvalue weighted by Crippen LogP contribution is 2.42. The molecule has 0 fully saturated rings. The smallest absolute Gasteiger partial charge is 0.123 e. The van der Waals surface area contributed by atoms with E-state index in [4.69, 9.17) is 4.74 Å². The van der Waals surface area contributed by atoms with Crippen LogP contribution in [0.5, 0.6) is 5.75 Å². The first-order chi connectivity index (χ1) is 7.28. The van der Waals surface area contributed by atoms with Gasteiger partial charge in [0.1, 0.15) is 11.4 Å². The summed E-state index contributed by atoms with van der Waals surface area (Å²) in [7, 11) is 0. The summed E-state index contributed by atoms with van der Waals surface area (Å²) in [6.07, 6.45) is 7.92. The maximum atomic E-state index is 6.17. The Bertz CT molecular complexity index is 408. The molecule has 1 aliphatic heterocycles. The van der Waals surface area contributed by atoms with E-state index in [9.17, 15) is 0 Å². The molecule has 1 aromatic rings. The lowest BCUT2D eigenvalue weighted by Gasteiger charge is -2.43. The van der Waals surface area contributed by atoms with Crippen LogP contribution in [0, 0.1) is 5.92 Å². The average Bonchev–Trinajstić information content (AvgIpc) is 2.25. The van der Waals surface area contributed by atoms with Gasteiger partial charge < -0.3 is 4.74 Å². The number of hydrogen-bond donors (Lipinski definition) is 0. The largest absolute Gasteiger partial charge is 0.487 e. The van der Waals surface area contributed by atoms with E-state index in [2.05, 4.69) is 43.3 Å². The van der Waals surface area contributed by atoms with Crippen LogP contribution < -0.4 is 4.74 Å². The number of ether oxygens (including phenoxy) is 1. The summed E-state index contributed by atoms with van der Waals surface area (Å²) < 4.78 is 6.17. The molecule has 0 unspecified atom stereocenters. The number of para-hydroxylation sites is 1. The molecule has 1 heterocycles. The van der Waals surface area contributed by atoms with Crippen molar-refractivity contribution in [1.82, 2.24) is 0 Å². The summed E-state index contributed by atoms with van der Waals surface area (Å²) in [6, 6.07) is 8.44. The second-order valence-electron chi connectivity index (χ2n) is 4.83. The van der Waals surface area contributed by atoms with Gasteiger partial charge in [-0.1, -0.05) is 30.4 Å². The highest BCUT2D eigenvalue weighted by molar-refractivity contribution is 5.37. The molecule has 0 radical (unpaired) electrons.